The predicted molar refractivity (Wildman–Crippen MR) is 67.5 cm³/mol. The monoisotopic (exact) mass is 249 g/mol. The summed E-state index contributed by atoms with van der Waals surface area (Å²) in [6.45, 7) is 0.917. The van der Waals surface area contributed by atoms with Gasteiger partial charge >= 0.3 is 5.97 Å². The summed E-state index contributed by atoms with van der Waals surface area (Å²) < 4.78 is 4.59. The molecule has 1 aliphatic rings. The minimum Gasteiger partial charge on any atom is -0.469 e. The molecule has 1 fully saturated rings. The van der Waals surface area contributed by atoms with Crippen LogP contribution in [0.1, 0.15) is 37.5 Å². The van der Waals surface area contributed by atoms with Gasteiger partial charge in [-0.05, 0) is 18.4 Å². The summed E-state index contributed by atoms with van der Waals surface area (Å²) in [6, 6.07) is 10.2. The maximum Gasteiger partial charge on any atom is 0.305 e. The van der Waals surface area contributed by atoms with Crippen molar-refractivity contribution in [2.45, 2.75) is 31.9 Å². The number of unbranched alkanes of at least 4 members (excludes halogenated alkanes) is 2. The van der Waals surface area contributed by atoms with E-state index in [2.05, 4.69) is 16.9 Å². The molecule has 0 radical (unpaired) electrons. The van der Waals surface area contributed by atoms with Crippen LogP contribution in [0.2, 0.25) is 0 Å². The lowest BCUT2D eigenvalue weighted by molar-refractivity contribution is -0.140. The fourth-order valence-electron chi connectivity index (χ4n) is 1.93. The number of carbonyl (C=O) groups excluding carboxylic acids is 1. The van der Waals surface area contributed by atoms with Crippen LogP contribution in [0, 0.1) is 0 Å². The normalized spacial score (nSPS) is 21.6. The van der Waals surface area contributed by atoms with E-state index in [4.69, 9.17) is 4.84 Å². The Morgan fingerprint density at radius 3 is 2.78 bits per heavy atom. The number of ether oxygens (including phenoxy) is 1. The minimum absolute atomic E-state index is 0.125. The molecule has 1 unspecified atom stereocenters. The van der Waals surface area contributed by atoms with Crippen LogP contribution in [0.3, 0.4) is 0 Å². The average Bonchev–Trinajstić information content (AvgIpc) is 3.18. The molecule has 2 rings (SSSR count). The Hall–Kier alpha value is -1.39. The van der Waals surface area contributed by atoms with Gasteiger partial charge in [0, 0.05) is 13.0 Å². The summed E-state index contributed by atoms with van der Waals surface area (Å²) in [5, 5.41) is 1.98. The number of carbonyl (C=O) groups is 1. The highest BCUT2D eigenvalue weighted by molar-refractivity contribution is 5.68. The van der Waals surface area contributed by atoms with Crippen LogP contribution in [0.5, 0.6) is 0 Å². The van der Waals surface area contributed by atoms with Crippen molar-refractivity contribution in [3.8, 4) is 0 Å². The lowest BCUT2D eigenvalue weighted by Crippen LogP contribution is -2.02. The predicted octanol–water partition coefficient (Wildman–Crippen LogP) is 2.67. The quantitative estimate of drug-likeness (QED) is 0.423. The van der Waals surface area contributed by atoms with Crippen molar-refractivity contribution in [2.24, 2.45) is 0 Å². The third-order valence-corrected chi connectivity index (χ3v) is 3.02. The zero-order valence-electron chi connectivity index (χ0n) is 10.7. The molecule has 0 amide bonds. The van der Waals surface area contributed by atoms with Gasteiger partial charge in [-0.25, -0.2) is 0 Å². The highest BCUT2D eigenvalue weighted by atomic mass is 16.8. The van der Waals surface area contributed by atoms with E-state index in [1.165, 1.54) is 12.7 Å². The van der Waals surface area contributed by atoms with Crippen LogP contribution in [0.15, 0.2) is 30.3 Å². The first kappa shape index (κ1) is 13.1. The van der Waals surface area contributed by atoms with Crippen molar-refractivity contribution in [3.63, 3.8) is 0 Å². The topological polar surface area (TPSA) is 41.8 Å². The van der Waals surface area contributed by atoms with Gasteiger partial charge in [0.05, 0.1) is 7.11 Å². The first-order valence-corrected chi connectivity index (χ1v) is 6.36. The van der Waals surface area contributed by atoms with Gasteiger partial charge in [-0.1, -0.05) is 36.8 Å². The van der Waals surface area contributed by atoms with Crippen LogP contribution in [-0.2, 0) is 14.4 Å². The Bertz CT molecular complexity index is 380. The Morgan fingerprint density at radius 2 is 2.06 bits per heavy atom. The van der Waals surface area contributed by atoms with E-state index in [-0.39, 0.29) is 12.2 Å². The molecule has 18 heavy (non-hydrogen) atoms. The molecule has 0 spiro atoms. The maximum absolute atomic E-state index is 10.9. The Morgan fingerprint density at radius 1 is 1.28 bits per heavy atom. The summed E-state index contributed by atoms with van der Waals surface area (Å²) in [5.41, 5.74) is 1.20. The van der Waals surface area contributed by atoms with Gasteiger partial charge in [-0.15, -0.1) is 0 Å². The molecule has 98 valence electrons. The van der Waals surface area contributed by atoms with Gasteiger partial charge in [0.2, 0.25) is 0 Å². The molecular weight excluding hydrogens is 230 g/mol. The number of hydrogen-bond donors (Lipinski definition) is 0. The van der Waals surface area contributed by atoms with Gasteiger partial charge in [0.1, 0.15) is 0 Å². The summed E-state index contributed by atoms with van der Waals surface area (Å²) in [4.78, 5) is 16.4. The number of esters is 1. The zero-order chi connectivity index (χ0) is 12.8. The fraction of sp³-hybridized carbons (Fsp3) is 0.500. The number of nitrogens with zero attached hydrogens (tertiary/aromatic N) is 1. The average molecular weight is 249 g/mol. The van der Waals surface area contributed by atoms with E-state index in [1.807, 2.05) is 23.3 Å². The number of hydroxylamine groups is 2. The molecule has 0 saturated carbocycles. The van der Waals surface area contributed by atoms with Crippen molar-refractivity contribution in [3.05, 3.63) is 35.9 Å². The van der Waals surface area contributed by atoms with E-state index >= 15 is 0 Å². The van der Waals surface area contributed by atoms with Gasteiger partial charge < -0.3 is 4.74 Å². The van der Waals surface area contributed by atoms with Crippen LogP contribution < -0.4 is 0 Å². The van der Waals surface area contributed by atoms with E-state index in [1.54, 1.807) is 0 Å². The standard InChI is InChI=1S/C14H19NO3/c1-17-13(16)10-6-3-7-11-15-14(18-15)12-8-4-2-5-9-12/h2,4-5,8-9,14H,3,6-7,10-11H2,1H3/t14-,15?/m1/s1. The summed E-state index contributed by atoms with van der Waals surface area (Å²) >= 11 is 0. The maximum atomic E-state index is 10.9. The molecule has 2 atom stereocenters. The number of hydrogen-bond acceptors (Lipinski definition) is 4. The molecule has 4 nitrogen and oxygen atoms in total. The third-order valence-electron chi connectivity index (χ3n) is 3.02. The van der Waals surface area contributed by atoms with Crippen LogP contribution in [0.25, 0.3) is 0 Å². The molecule has 1 aromatic rings. The molecule has 1 saturated heterocycles. The molecule has 0 bridgehead atoms. The first-order chi connectivity index (χ1) is 8.81. The second-order valence-corrected chi connectivity index (χ2v) is 4.40. The first-order valence-electron chi connectivity index (χ1n) is 6.36. The van der Waals surface area contributed by atoms with Crippen molar-refractivity contribution in [2.75, 3.05) is 13.7 Å². The third kappa shape index (κ3) is 3.82. The Labute approximate surface area is 107 Å². The number of methoxy groups -OCH3 is 1. The van der Waals surface area contributed by atoms with Crippen molar-refractivity contribution in [1.82, 2.24) is 5.06 Å². The van der Waals surface area contributed by atoms with Crippen molar-refractivity contribution < 1.29 is 14.4 Å². The molecule has 4 heteroatoms. The summed E-state index contributed by atoms with van der Waals surface area (Å²) in [5.74, 6) is -0.125. The molecule has 0 N–H and O–H groups in total. The number of benzene rings is 1. The Kier molecular flexibility index (Phi) is 4.73. The fourth-order valence-corrected chi connectivity index (χ4v) is 1.93. The highest BCUT2D eigenvalue weighted by Crippen LogP contribution is 2.36. The van der Waals surface area contributed by atoms with E-state index in [0.717, 1.165) is 25.8 Å². The van der Waals surface area contributed by atoms with Gasteiger partial charge in [-0.3, -0.25) is 9.63 Å². The van der Waals surface area contributed by atoms with E-state index < -0.39 is 0 Å². The molecule has 0 aromatic heterocycles. The zero-order valence-corrected chi connectivity index (χ0v) is 10.7. The highest BCUT2D eigenvalue weighted by Gasteiger charge is 2.36. The largest absolute Gasteiger partial charge is 0.469 e. The van der Waals surface area contributed by atoms with E-state index in [9.17, 15) is 4.79 Å². The lowest BCUT2D eigenvalue weighted by atomic mass is 10.2. The van der Waals surface area contributed by atoms with E-state index in [0.29, 0.717) is 6.42 Å². The van der Waals surface area contributed by atoms with Gasteiger partial charge in [-0.2, -0.15) is 5.06 Å². The van der Waals surface area contributed by atoms with Crippen LogP contribution in [0.4, 0.5) is 0 Å². The molecule has 1 heterocycles. The minimum atomic E-state index is -0.125. The molecule has 0 aliphatic carbocycles. The summed E-state index contributed by atoms with van der Waals surface area (Å²) in [7, 11) is 1.43. The second kappa shape index (κ2) is 6.52. The molecule has 1 aromatic carbocycles. The second-order valence-electron chi connectivity index (χ2n) is 4.40. The van der Waals surface area contributed by atoms with Crippen molar-refractivity contribution in [1.29, 1.82) is 0 Å². The van der Waals surface area contributed by atoms with Gasteiger partial charge in [0.15, 0.2) is 6.23 Å². The van der Waals surface area contributed by atoms with Crippen LogP contribution in [-0.4, -0.2) is 24.7 Å². The number of rotatable bonds is 7. The van der Waals surface area contributed by atoms with Gasteiger partial charge in [0.25, 0.3) is 0 Å². The van der Waals surface area contributed by atoms with Crippen molar-refractivity contribution >= 4 is 5.97 Å². The van der Waals surface area contributed by atoms with Crippen LogP contribution >= 0.6 is 0 Å². The SMILES string of the molecule is COC(=O)CCCCCN1O[C@@H]1c1ccccc1. The molecular formula is C14H19NO3. The lowest BCUT2D eigenvalue weighted by Gasteiger charge is -2.00. The smallest absolute Gasteiger partial charge is 0.305 e. The Balaban J connectivity index is 1.56. The summed E-state index contributed by atoms with van der Waals surface area (Å²) in [6.07, 6.45) is 3.60. The molecule has 1 aliphatic heterocycles.